The first-order chi connectivity index (χ1) is 8.58. The number of rotatable bonds is 3. The summed E-state index contributed by atoms with van der Waals surface area (Å²) in [5.74, 6) is -0.467. The van der Waals surface area contributed by atoms with Crippen molar-refractivity contribution in [3.63, 3.8) is 0 Å². The van der Waals surface area contributed by atoms with Crippen molar-refractivity contribution in [2.75, 3.05) is 0 Å². The molecule has 0 unspecified atom stereocenters. The molecule has 2 rings (SSSR count). The summed E-state index contributed by atoms with van der Waals surface area (Å²) < 4.78 is 0. The molecule has 0 saturated carbocycles. The summed E-state index contributed by atoms with van der Waals surface area (Å²) in [6.07, 6.45) is 2.76. The second-order valence-electron chi connectivity index (χ2n) is 3.41. The van der Waals surface area contributed by atoms with Crippen LogP contribution in [0.2, 0.25) is 0 Å². The zero-order chi connectivity index (χ0) is 13.1. The molecule has 0 aliphatic heterocycles. The van der Waals surface area contributed by atoms with Crippen molar-refractivity contribution >= 4 is 17.6 Å². The molecular formula is C10H10N6OS. The normalized spacial score (nSPS) is 10.3. The van der Waals surface area contributed by atoms with E-state index in [1.54, 1.807) is 12.3 Å². The number of nitrogens with two attached hydrogens (primary N) is 1. The molecule has 0 spiro atoms. The lowest BCUT2D eigenvalue weighted by atomic mass is 10.3. The van der Waals surface area contributed by atoms with Crippen molar-refractivity contribution in [1.82, 2.24) is 20.2 Å². The molecular weight excluding hydrogens is 252 g/mol. The maximum absolute atomic E-state index is 9.62. The monoisotopic (exact) mass is 262 g/mol. The molecule has 8 heteroatoms. The van der Waals surface area contributed by atoms with Crippen LogP contribution in [-0.2, 0) is 0 Å². The Kier molecular flexibility index (Phi) is 3.38. The van der Waals surface area contributed by atoms with Crippen LogP contribution in [0.1, 0.15) is 11.3 Å². The van der Waals surface area contributed by atoms with Crippen LogP contribution < -0.4 is 5.73 Å². The van der Waals surface area contributed by atoms with Crippen LogP contribution in [0.3, 0.4) is 0 Å². The molecule has 2 heterocycles. The Morgan fingerprint density at radius 2 is 2.28 bits per heavy atom. The molecule has 92 valence electrons. The van der Waals surface area contributed by atoms with Gasteiger partial charge in [0.25, 0.3) is 0 Å². The quantitative estimate of drug-likeness (QED) is 0.423. The highest BCUT2D eigenvalue weighted by Gasteiger charge is 2.15. The maximum atomic E-state index is 9.62. The van der Waals surface area contributed by atoms with Gasteiger partial charge in [-0.05, 0) is 24.8 Å². The predicted molar refractivity (Wildman–Crippen MR) is 65.6 cm³/mol. The summed E-state index contributed by atoms with van der Waals surface area (Å²) in [5, 5.41) is 25.2. The van der Waals surface area contributed by atoms with E-state index >= 15 is 0 Å². The van der Waals surface area contributed by atoms with Gasteiger partial charge in [0.1, 0.15) is 16.6 Å². The number of aryl methyl sites for hydroxylation is 1. The first-order valence-electron chi connectivity index (χ1n) is 4.94. The largest absolute Gasteiger partial charge is 0.505 e. The third-order valence-electron chi connectivity index (χ3n) is 2.03. The summed E-state index contributed by atoms with van der Waals surface area (Å²) in [7, 11) is 0. The summed E-state index contributed by atoms with van der Waals surface area (Å²) in [6.45, 7) is 1.84. The molecule has 2 aromatic heterocycles. The van der Waals surface area contributed by atoms with Gasteiger partial charge in [0, 0.05) is 11.9 Å². The highest BCUT2D eigenvalue weighted by atomic mass is 32.2. The van der Waals surface area contributed by atoms with E-state index in [1.807, 2.05) is 6.92 Å². The molecule has 0 radical (unpaired) electrons. The van der Waals surface area contributed by atoms with Crippen LogP contribution >= 0.6 is 11.8 Å². The van der Waals surface area contributed by atoms with Crippen molar-refractivity contribution in [2.45, 2.75) is 17.1 Å². The van der Waals surface area contributed by atoms with E-state index in [0.717, 1.165) is 23.7 Å². The van der Waals surface area contributed by atoms with Gasteiger partial charge in [-0.3, -0.25) is 5.41 Å². The minimum atomic E-state index is -0.280. The number of hydrogen-bond donors (Lipinski definition) is 3. The van der Waals surface area contributed by atoms with Gasteiger partial charge in [0.2, 0.25) is 0 Å². The summed E-state index contributed by atoms with van der Waals surface area (Å²) >= 11 is 1.09. The minimum Gasteiger partial charge on any atom is -0.505 e. The standard InChI is InChI=1S/C10H10N6OS/c1-5-2-3-13-10(15-5)18-9-7(8(11)12)6(17)4-14-16-9/h2-4H,1H3,(H3,11,12)(H,16,17). The lowest BCUT2D eigenvalue weighted by Crippen LogP contribution is -2.14. The Bertz CT molecular complexity index is 603. The third-order valence-corrected chi connectivity index (χ3v) is 2.89. The number of aromatic hydroxyl groups is 1. The van der Waals surface area contributed by atoms with Gasteiger partial charge in [0.05, 0.1) is 11.8 Å². The molecule has 0 fully saturated rings. The lowest BCUT2D eigenvalue weighted by molar-refractivity contribution is 0.466. The Morgan fingerprint density at radius 3 is 2.94 bits per heavy atom. The smallest absolute Gasteiger partial charge is 0.194 e. The number of hydrogen-bond acceptors (Lipinski definition) is 7. The minimum absolute atomic E-state index is 0.139. The van der Waals surface area contributed by atoms with Crippen molar-refractivity contribution < 1.29 is 5.11 Å². The molecule has 0 atom stereocenters. The molecule has 2 aromatic rings. The van der Waals surface area contributed by atoms with E-state index in [2.05, 4.69) is 20.2 Å². The van der Waals surface area contributed by atoms with Gasteiger partial charge < -0.3 is 10.8 Å². The number of amidine groups is 1. The number of nitrogens with zero attached hydrogens (tertiary/aromatic N) is 4. The Morgan fingerprint density at radius 1 is 1.50 bits per heavy atom. The molecule has 0 aliphatic rings. The zero-order valence-corrected chi connectivity index (χ0v) is 10.3. The lowest BCUT2D eigenvalue weighted by Gasteiger charge is -2.06. The number of nitrogen functional groups attached to an aromatic ring is 1. The highest BCUT2D eigenvalue weighted by molar-refractivity contribution is 7.99. The fourth-order valence-electron chi connectivity index (χ4n) is 1.25. The number of nitrogens with one attached hydrogen (secondary N) is 1. The molecule has 0 amide bonds. The van der Waals surface area contributed by atoms with Crippen LogP contribution in [0.4, 0.5) is 0 Å². The molecule has 18 heavy (non-hydrogen) atoms. The SMILES string of the molecule is Cc1ccnc(Sc2nncc(O)c2C(=N)N)n1. The Hall–Kier alpha value is -2.22. The average Bonchev–Trinajstić information content (AvgIpc) is 2.28. The second-order valence-corrected chi connectivity index (χ2v) is 4.36. The average molecular weight is 262 g/mol. The predicted octanol–water partition coefficient (Wildman–Crippen LogP) is 0.716. The second kappa shape index (κ2) is 4.96. The molecule has 0 aromatic carbocycles. The molecule has 7 nitrogen and oxygen atoms in total. The van der Waals surface area contributed by atoms with E-state index < -0.39 is 0 Å². The van der Waals surface area contributed by atoms with Gasteiger partial charge in [-0.2, -0.15) is 5.10 Å². The fraction of sp³-hybridized carbons (Fsp3) is 0.100. The van der Waals surface area contributed by atoms with E-state index in [4.69, 9.17) is 11.1 Å². The first kappa shape index (κ1) is 12.2. The van der Waals surface area contributed by atoms with E-state index in [9.17, 15) is 5.11 Å². The van der Waals surface area contributed by atoms with Crippen molar-refractivity contribution in [1.29, 1.82) is 5.41 Å². The van der Waals surface area contributed by atoms with Crippen LogP contribution in [0, 0.1) is 12.3 Å². The Balaban J connectivity index is 2.40. The number of aromatic nitrogens is 4. The Labute approximate surface area is 107 Å². The van der Waals surface area contributed by atoms with Crippen LogP contribution in [0.15, 0.2) is 28.6 Å². The van der Waals surface area contributed by atoms with Gasteiger partial charge in [-0.1, -0.05) is 0 Å². The van der Waals surface area contributed by atoms with Gasteiger partial charge in [-0.15, -0.1) is 5.10 Å². The van der Waals surface area contributed by atoms with Crippen LogP contribution in [0.25, 0.3) is 0 Å². The first-order valence-corrected chi connectivity index (χ1v) is 5.76. The van der Waals surface area contributed by atoms with E-state index in [1.165, 1.54) is 0 Å². The third kappa shape index (κ3) is 2.54. The van der Waals surface area contributed by atoms with Crippen LogP contribution in [-0.4, -0.2) is 31.1 Å². The molecule has 0 saturated heterocycles. The topological polar surface area (TPSA) is 122 Å². The molecule has 0 bridgehead atoms. The molecule has 4 N–H and O–H groups in total. The van der Waals surface area contributed by atoms with Gasteiger partial charge in [-0.25, -0.2) is 9.97 Å². The van der Waals surface area contributed by atoms with Gasteiger partial charge >= 0.3 is 0 Å². The van der Waals surface area contributed by atoms with Crippen molar-refractivity contribution in [3.8, 4) is 5.75 Å². The maximum Gasteiger partial charge on any atom is 0.194 e. The highest BCUT2D eigenvalue weighted by Crippen LogP contribution is 2.29. The van der Waals surface area contributed by atoms with Crippen molar-refractivity contribution in [2.24, 2.45) is 5.73 Å². The van der Waals surface area contributed by atoms with Gasteiger partial charge in [0.15, 0.2) is 5.16 Å². The summed E-state index contributed by atoms with van der Waals surface area (Å²) in [5.41, 5.74) is 6.35. The van der Waals surface area contributed by atoms with E-state index in [-0.39, 0.29) is 17.1 Å². The van der Waals surface area contributed by atoms with Crippen molar-refractivity contribution in [3.05, 3.63) is 29.7 Å². The zero-order valence-electron chi connectivity index (χ0n) is 9.45. The fourth-order valence-corrected chi connectivity index (χ4v) is 2.13. The summed E-state index contributed by atoms with van der Waals surface area (Å²) in [6, 6.07) is 1.77. The molecule has 0 aliphatic carbocycles. The van der Waals surface area contributed by atoms with E-state index in [0.29, 0.717) is 10.2 Å². The van der Waals surface area contributed by atoms with Crippen LogP contribution in [0.5, 0.6) is 5.75 Å². The summed E-state index contributed by atoms with van der Waals surface area (Å²) in [4.78, 5) is 8.25.